The molecule has 0 aliphatic heterocycles. The van der Waals surface area contributed by atoms with Gasteiger partial charge in [-0.05, 0) is 42.3 Å². The minimum Gasteiger partial charge on any atom is -0.430 e. The highest BCUT2D eigenvalue weighted by atomic mass is 19.1. The normalized spacial score (nSPS) is 10.1. The Labute approximate surface area is 103 Å². The molecule has 0 aliphatic rings. The summed E-state index contributed by atoms with van der Waals surface area (Å²) in [6, 6.07) is 13.4. The molecule has 0 bridgehead atoms. The van der Waals surface area contributed by atoms with Crippen LogP contribution in [0.15, 0.2) is 52.9 Å². The molecule has 0 fully saturated rings. The summed E-state index contributed by atoms with van der Waals surface area (Å²) in [5.74, 6) is 5.78. The van der Waals surface area contributed by atoms with Crippen molar-refractivity contribution < 1.29 is 8.81 Å². The summed E-state index contributed by atoms with van der Waals surface area (Å²) in [6.07, 6.45) is 0. The molecule has 0 N–H and O–H groups in total. The van der Waals surface area contributed by atoms with Crippen molar-refractivity contribution in [1.29, 1.82) is 0 Å². The number of fused-ring (bicyclic) bond motifs is 1. The number of hydrogen-bond donors (Lipinski definition) is 0. The fourth-order valence-corrected chi connectivity index (χ4v) is 1.58. The number of nitrogens with zero attached hydrogens (tertiary/aromatic N) is 1. The van der Waals surface area contributed by atoms with Gasteiger partial charge in [0.25, 0.3) is 5.89 Å². The number of para-hydroxylation sites is 2. The van der Waals surface area contributed by atoms with Gasteiger partial charge in [0.1, 0.15) is 11.3 Å². The summed E-state index contributed by atoms with van der Waals surface area (Å²) < 4.78 is 18.2. The molecular weight excluding hydrogens is 229 g/mol. The Kier molecular flexibility index (Phi) is 2.54. The van der Waals surface area contributed by atoms with Crippen LogP contribution in [0.5, 0.6) is 0 Å². The molecule has 1 aromatic heterocycles. The van der Waals surface area contributed by atoms with E-state index in [0.717, 1.165) is 11.1 Å². The third kappa shape index (κ3) is 2.09. The molecule has 3 rings (SSSR count). The van der Waals surface area contributed by atoms with E-state index < -0.39 is 0 Å². The maximum Gasteiger partial charge on any atom is 0.274 e. The second-order valence-corrected chi connectivity index (χ2v) is 3.74. The number of halogens is 1. The van der Waals surface area contributed by atoms with Crippen LogP contribution >= 0.6 is 0 Å². The van der Waals surface area contributed by atoms with Crippen LogP contribution in [0.25, 0.3) is 11.1 Å². The Morgan fingerprint density at radius 1 is 0.944 bits per heavy atom. The quantitative estimate of drug-likeness (QED) is 0.560. The van der Waals surface area contributed by atoms with E-state index in [0.29, 0.717) is 11.5 Å². The molecule has 2 nitrogen and oxygen atoms in total. The Morgan fingerprint density at radius 3 is 2.50 bits per heavy atom. The molecule has 18 heavy (non-hydrogen) atoms. The number of oxazole rings is 1. The first-order valence-electron chi connectivity index (χ1n) is 5.44. The average molecular weight is 237 g/mol. The van der Waals surface area contributed by atoms with Crippen molar-refractivity contribution in [3.05, 3.63) is 65.8 Å². The van der Waals surface area contributed by atoms with E-state index in [9.17, 15) is 4.39 Å². The van der Waals surface area contributed by atoms with Crippen LogP contribution in [0.4, 0.5) is 4.39 Å². The van der Waals surface area contributed by atoms with Crippen molar-refractivity contribution in [2.75, 3.05) is 0 Å². The van der Waals surface area contributed by atoms with Gasteiger partial charge in [-0.15, -0.1) is 0 Å². The van der Waals surface area contributed by atoms with E-state index >= 15 is 0 Å². The topological polar surface area (TPSA) is 26.0 Å². The minimum atomic E-state index is -0.276. The van der Waals surface area contributed by atoms with Gasteiger partial charge in [-0.2, -0.15) is 0 Å². The maximum absolute atomic E-state index is 12.7. The third-order valence-electron chi connectivity index (χ3n) is 2.45. The first-order chi connectivity index (χ1) is 8.81. The van der Waals surface area contributed by atoms with Crippen LogP contribution < -0.4 is 0 Å². The zero-order chi connectivity index (χ0) is 12.4. The summed E-state index contributed by atoms with van der Waals surface area (Å²) in [5, 5.41) is 0. The lowest BCUT2D eigenvalue weighted by Crippen LogP contribution is -1.77. The SMILES string of the molecule is Fc1ccc(C#Cc2nc3ccccc3o2)cc1. The molecule has 2 aromatic carbocycles. The van der Waals surface area contributed by atoms with Crippen LogP contribution in [0.3, 0.4) is 0 Å². The molecule has 0 spiro atoms. The highest BCUT2D eigenvalue weighted by Gasteiger charge is 2.00. The molecule has 3 heteroatoms. The standard InChI is InChI=1S/C15H8FNO/c16-12-8-5-11(6-9-12)7-10-15-17-13-3-1-2-4-14(13)18-15/h1-6,8-9H. The summed E-state index contributed by atoms with van der Waals surface area (Å²) in [5.41, 5.74) is 2.21. The fourth-order valence-electron chi connectivity index (χ4n) is 1.58. The van der Waals surface area contributed by atoms with E-state index in [1.165, 1.54) is 12.1 Å². The molecule has 0 saturated heterocycles. The zero-order valence-electron chi connectivity index (χ0n) is 9.35. The molecule has 3 aromatic rings. The highest BCUT2D eigenvalue weighted by molar-refractivity contribution is 5.72. The van der Waals surface area contributed by atoms with Crippen LogP contribution in [-0.2, 0) is 0 Å². The van der Waals surface area contributed by atoms with E-state index in [1.54, 1.807) is 12.1 Å². The Morgan fingerprint density at radius 2 is 1.72 bits per heavy atom. The second-order valence-electron chi connectivity index (χ2n) is 3.74. The van der Waals surface area contributed by atoms with Crippen molar-refractivity contribution in [3.8, 4) is 11.8 Å². The lowest BCUT2D eigenvalue weighted by molar-refractivity contribution is 0.586. The largest absolute Gasteiger partial charge is 0.430 e. The van der Waals surface area contributed by atoms with Crippen molar-refractivity contribution in [2.45, 2.75) is 0 Å². The molecule has 0 amide bonds. The molecular formula is C15H8FNO. The number of aromatic nitrogens is 1. The molecule has 0 radical (unpaired) electrons. The molecule has 86 valence electrons. The molecule has 1 heterocycles. The highest BCUT2D eigenvalue weighted by Crippen LogP contribution is 2.13. The summed E-state index contributed by atoms with van der Waals surface area (Å²) in [6.45, 7) is 0. The summed E-state index contributed by atoms with van der Waals surface area (Å²) in [7, 11) is 0. The van der Waals surface area contributed by atoms with Gasteiger partial charge in [0.15, 0.2) is 5.58 Å². The maximum atomic E-state index is 12.7. The van der Waals surface area contributed by atoms with Gasteiger partial charge < -0.3 is 4.42 Å². The van der Waals surface area contributed by atoms with Crippen molar-refractivity contribution >= 4 is 11.1 Å². The van der Waals surface area contributed by atoms with E-state index in [2.05, 4.69) is 16.8 Å². The summed E-state index contributed by atoms with van der Waals surface area (Å²) >= 11 is 0. The predicted molar refractivity (Wildman–Crippen MR) is 66.4 cm³/mol. The van der Waals surface area contributed by atoms with Gasteiger partial charge in [0.05, 0.1) is 0 Å². The average Bonchev–Trinajstić information content (AvgIpc) is 2.81. The van der Waals surface area contributed by atoms with E-state index in [4.69, 9.17) is 4.42 Å². The van der Waals surface area contributed by atoms with Crippen LogP contribution in [0.1, 0.15) is 11.5 Å². The van der Waals surface area contributed by atoms with Crippen LogP contribution in [0, 0.1) is 17.7 Å². The van der Waals surface area contributed by atoms with Crippen molar-refractivity contribution in [3.63, 3.8) is 0 Å². The zero-order valence-corrected chi connectivity index (χ0v) is 9.35. The van der Waals surface area contributed by atoms with Crippen molar-refractivity contribution in [2.24, 2.45) is 0 Å². The third-order valence-corrected chi connectivity index (χ3v) is 2.45. The fraction of sp³-hybridized carbons (Fsp3) is 0. The monoisotopic (exact) mass is 237 g/mol. The van der Waals surface area contributed by atoms with Gasteiger partial charge in [-0.1, -0.05) is 18.1 Å². The Balaban J connectivity index is 1.95. The van der Waals surface area contributed by atoms with Gasteiger partial charge in [-0.25, -0.2) is 9.37 Å². The van der Waals surface area contributed by atoms with Gasteiger partial charge in [0.2, 0.25) is 0 Å². The molecule has 0 saturated carbocycles. The van der Waals surface area contributed by atoms with Crippen LogP contribution in [-0.4, -0.2) is 4.98 Å². The van der Waals surface area contributed by atoms with Gasteiger partial charge >= 0.3 is 0 Å². The van der Waals surface area contributed by atoms with Crippen LogP contribution in [0.2, 0.25) is 0 Å². The molecule has 0 aliphatic carbocycles. The molecule has 0 unspecified atom stereocenters. The lowest BCUT2D eigenvalue weighted by atomic mass is 10.2. The first kappa shape index (κ1) is 10.5. The number of benzene rings is 2. The second kappa shape index (κ2) is 4.34. The Hall–Kier alpha value is -2.60. The van der Waals surface area contributed by atoms with Crippen molar-refractivity contribution in [1.82, 2.24) is 4.98 Å². The minimum absolute atomic E-state index is 0.276. The van der Waals surface area contributed by atoms with E-state index in [1.807, 2.05) is 24.3 Å². The summed E-state index contributed by atoms with van der Waals surface area (Å²) in [4.78, 5) is 4.23. The van der Waals surface area contributed by atoms with E-state index in [-0.39, 0.29) is 5.82 Å². The smallest absolute Gasteiger partial charge is 0.274 e. The number of rotatable bonds is 0. The van der Waals surface area contributed by atoms with Gasteiger partial charge in [0, 0.05) is 5.56 Å². The van der Waals surface area contributed by atoms with Gasteiger partial charge in [-0.3, -0.25) is 0 Å². The number of hydrogen-bond acceptors (Lipinski definition) is 2. The first-order valence-corrected chi connectivity index (χ1v) is 5.44. The lowest BCUT2D eigenvalue weighted by Gasteiger charge is -1.87. The molecule has 0 atom stereocenters. The Bertz CT molecular complexity index is 714. The predicted octanol–water partition coefficient (Wildman–Crippen LogP) is 3.37.